The van der Waals surface area contributed by atoms with Gasteiger partial charge in [0.15, 0.2) is 5.12 Å². The summed E-state index contributed by atoms with van der Waals surface area (Å²) in [5.74, 6) is -0.805. The minimum atomic E-state index is -0.805. The Morgan fingerprint density at radius 2 is 2.09 bits per heavy atom. The molecule has 1 N–H and O–H groups in total. The summed E-state index contributed by atoms with van der Waals surface area (Å²) in [5, 5.41) is 8.46. The second kappa shape index (κ2) is 5.18. The van der Waals surface area contributed by atoms with Crippen molar-refractivity contribution in [3.05, 3.63) is 0 Å². The van der Waals surface area contributed by atoms with Crippen LogP contribution in [0.15, 0.2) is 0 Å². The van der Waals surface area contributed by atoms with Crippen LogP contribution in [0.3, 0.4) is 0 Å². The molecule has 0 fully saturated rings. The summed E-state index contributed by atoms with van der Waals surface area (Å²) in [5.41, 5.74) is 0. The van der Waals surface area contributed by atoms with Crippen molar-refractivity contribution in [2.24, 2.45) is 0 Å². The van der Waals surface area contributed by atoms with Crippen molar-refractivity contribution in [1.82, 2.24) is 0 Å². The molecular formula is C7H12O3S. The maximum absolute atomic E-state index is 10.5. The third-order valence-electron chi connectivity index (χ3n) is 1.13. The van der Waals surface area contributed by atoms with Gasteiger partial charge in [0.05, 0.1) is 0 Å². The fourth-order valence-corrected chi connectivity index (χ4v) is 1.47. The minimum absolute atomic E-state index is 0.0443. The largest absolute Gasteiger partial charge is 0.481 e. The van der Waals surface area contributed by atoms with Gasteiger partial charge in [-0.2, -0.15) is 0 Å². The molecule has 0 amide bonds. The quantitative estimate of drug-likeness (QED) is 0.705. The number of rotatable bonds is 4. The van der Waals surface area contributed by atoms with Gasteiger partial charge in [-0.15, -0.1) is 0 Å². The Morgan fingerprint density at radius 1 is 1.55 bits per heavy atom. The smallest absolute Gasteiger partial charge is 0.303 e. The van der Waals surface area contributed by atoms with Crippen LogP contribution in [-0.2, 0) is 9.59 Å². The lowest BCUT2D eigenvalue weighted by molar-refractivity contribution is -0.137. The summed E-state index contributed by atoms with van der Waals surface area (Å²) in [6, 6.07) is 0. The van der Waals surface area contributed by atoms with Crippen LogP contribution >= 0.6 is 11.8 Å². The predicted molar refractivity (Wildman–Crippen MR) is 44.6 cm³/mol. The van der Waals surface area contributed by atoms with E-state index >= 15 is 0 Å². The highest BCUT2D eigenvalue weighted by Gasteiger charge is 2.07. The molecule has 0 aromatic carbocycles. The molecule has 0 saturated carbocycles. The number of carbonyl (C=O) groups is 2. The van der Waals surface area contributed by atoms with Crippen LogP contribution in [-0.4, -0.2) is 21.4 Å². The van der Waals surface area contributed by atoms with E-state index in [1.807, 2.05) is 6.92 Å². The molecule has 0 aromatic heterocycles. The molecule has 0 radical (unpaired) electrons. The van der Waals surface area contributed by atoms with Crippen LogP contribution in [0.1, 0.15) is 26.7 Å². The number of carbonyl (C=O) groups excluding carboxylic acids is 1. The highest BCUT2D eigenvalue weighted by atomic mass is 32.2. The number of aliphatic carboxylic acids is 1. The molecule has 0 aromatic rings. The van der Waals surface area contributed by atoms with Gasteiger partial charge in [0.1, 0.15) is 0 Å². The van der Waals surface area contributed by atoms with E-state index < -0.39 is 5.97 Å². The summed E-state index contributed by atoms with van der Waals surface area (Å²) in [6.45, 7) is 3.34. The summed E-state index contributed by atoms with van der Waals surface area (Å²) in [4.78, 5) is 20.6. The van der Waals surface area contributed by atoms with Crippen molar-refractivity contribution < 1.29 is 14.7 Å². The van der Waals surface area contributed by atoms with Gasteiger partial charge in [-0.3, -0.25) is 9.59 Å². The Morgan fingerprint density at radius 3 is 2.45 bits per heavy atom. The lowest BCUT2D eigenvalue weighted by atomic mass is 10.2. The topological polar surface area (TPSA) is 54.4 Å². The zero-order valence-electron chi connectivity index (χ0n) is 6.66. The average Bonchev–Trinajstić information content (AvgIpc) is 1.82. The van der Waals surface area contributed by atoms with Crippen LogP contribution in [0, 0.1) is 0 Å². The zero-order valence-corrected chi connectivity index (χ0v) is 7.48. The van der Waals surface area contributed by atoms with E-state index in [9.17, 15) is 9.59 Å². The highest BCUT2D eigenvalue weighted by Crippen LogP contribution is 2.15. The molecule has 4 heteroatoms. The second-order valence-electron chi connectivity index (χ2n) is 2.35. The molecular weight excluding hydrogens is 164 g/mol. The summed E-state index contributed by atoms with van der Waals surface area (Å²) >= 11 is 1.19. The minimum Gasteiger partial charge on any atom is -0.481 e. The van der Waals surface area contributed by atoms with Gasteiger partial charge in [-0.25, -0.2) is 0 Å². The van der Waals surface area contributed by atoms with Gasteiger partial charge < -0.3 is 5.11 Å². The van der Waals surface area contributed by atoms with Crippen LogP contribution in [0.5, 0.6) is 0 Å². The summed E-state index contributed by atoms with van der Waals surface area (Å²) in [7, 11) is 0. The number of thioether (sulfide) groups is 1. The number of carboxylic acids is 1. The molecule has 0 aliphatic rings. The average molecular weight is 176 g/mol. The normalized spacial score (nSPS) is 12.5. The van der Waals surface area contributed by atoms with Gasteiger partial charge in [0, 0.05) is 18.6 Å². The monoisotopic (exact) mass is 176 g/mol. The van der Waals surface area contributed by atoms with Crippen molar-refractivity contribution in [3.8, 4) is 0 Å². The molecule has 0 aliphatic carbocycles. The SMILES string of the molecule is CC(=O)SC(C)CCC(=O)O. The molecule has 11 heavy (non-hydrogen) atoms. The molecule has 1 unspecified atom stereocenters. The second-order valence-corrected chi connectivity index (χ2v) is 3.97. The maximum Gasteiger partial charge on any atom is 0.303 e. The Labute approximate surface area is 70.2 Å². The molecule has 0 heterocycles. The first-order valence-corrected chi connectivity index (χ1v) is 4.29. The van der Waals surface area contributed by atoms with Crippen molar-refractivity contribution >= 4 is 22.8 Å². The van der Waals surface area contributed by atoms with Gasteiger partial charge in [-0.05, 0) is 6.42 Å². The molecule has 0 bridgehead atoms. The molecule has 0 aliphatic heterocycles. The Kier molecular flexibility index (Phi) is 4.94. The van der Waals surface area contributed by atoms with E-state index in [0.29, 0.717) is 6.42 Å². The molecule has 64 valence electrons. The van der Waals surface area contributed by atoms with Gasteiger partial charge in [0.2, 0.25) is 0 Å². The van der Waals surface area contributed by atoms with Crippen molar-refractivity contribution in [1.29, 1.82) is 0 Å². The number of hydrogen-bond donors (Lipinski definition) is 1. The lowest BCUT2D eigenvalue weighted by Gasteiger charge is -2.04. The van der Waals surface area contributed by atoms with E-state index in [-0.39, 0.29) is 16.8 Å². The van der Waals surface area contributed by atoms with Crippen LogP contribution < -0.4 is 0 Å². The van der Waals surface area contributed by atoms with Crippen LogP contribution in [0.2, 0.25) is 0 Å². The third-order valence-corrected chi connectivity index (χ3v) is 2.10. The summed E-state index contributed by atoms with van der Waals surface area (Å²) in [6.07, 6.45) is 0.695. The van der Waals surface area contributed by atoms with E-state index in [4.69, 9.17) is 5.11 Å². The fourth-order valence-electron chi connectivity index (χ4n) is 0.669. The first-order chi connectivity index (χ1) is 5.02. The van der Waals surface area contributed by atoms with Gasteiger partial charge in [-0.1, -0.05) is 18.7 Å². The van der Waals surface area contributed by atoms with E-state index in [1.165, 1.54) is 18.7 Å². The third kappa shape index (κ3) is 7.39. The number of hydrogen-bond acceptors (Lipinski definition) is 3. The predicted octanol–water partition coefficient (Wildman–Crippen LogP) is 1.52. The van der Waals surface area contributed by atoms with Crippen LogP contribution in [0.25, 0.3) is 0 Å². The Bertz CT molecular complexity index is 156. The fraction of sp³-hybridized carbons (Fsp3) is 0.714. The highest BCUT2D eigenvalue weighted by molar-refractivity contribution is 8.14. The Hall–Kier alpha value is -0.510. The molecule has 3 nitrogen and oxygen atoms in total. The van der Waals surface area contributed by atoms with Crippen molar-refractivity contribution in [2.45, 2.75) is 31.9 Å². The summed E-state index contributed by atoms with van der Waals surface area (Å²) < 4.78 is 0. The van der Waals surface area contributed by atoms with E-state index in [0.717, 1.165) is 0 Å². The molecule has 0 saturated heterocycles. The Balaban J connectivity index is 3.44. The van der Waals surface area contributed by atoms with Crippen molar-refractivity contribution in [2.75, 3.05) is 0 Å². The lowest BCUT2D eigenvalue weighted by Crippen LogP contribution is -2.04. The first kappa shape index (κ1) is 10.5. The van der Waals surface area contributed by atoms with Gasteiger partial charge >= 0.3 is 5.97 Å². The standard InChI is InChI=1S/C7H12O3S/c1-5(11-6(2)8)3-4-7(9)10/h5H,3-4H2,1-2H3,(H,9,10). The van der Waals surface area contributed by atoms with Crippen LogP contribution in [0.4, 0.5) is 0 Å². The van der Waals surface area contributed by atoms with Crippen molar-refractivity contribution in [3.63, 3.8) is 0 Å². The van der Waals surface area contributed by atoms with E-state index in [1.54, 1.807) is 0 Å². The molecule has 0 spiro atoms. The van der Waals surface area contributed by atoms with E-state index in [2.05, 4.69) is 0 Å². The molecule has 1 atom stereocenters. The number of carboxylic acid groups (broad SMARTS) is 1. The first-order valence-electron chi connectivity index (χ1n) is 3.41. The zero-order chi connectivity index (χ0) is 8.85. The maximum atomic E-state index is 10.5. The molecule has 0 rings (SSSR count). The van der Waals surface area contributed by atoms with Gasteiger partial charge in [0.25, 0.3) is 0 Å².